The molecular formula is C38H42N6O2. The number of benzene rings is 2. The summed E-state index contributed by atoms with van der Waals surface area (Å²) in [6.45, 7) is 5.68. The molecule has 0 aliphatic heterocycles. The van der Waals surface area contributed by atoms with E-state index >= 15 is 0 Å². The van der Waals surface area contributed by atoms with Gasteiger partial charge in [-0.3, -0.25) is 14.5 Å². The van der Waals surface area contributed by atoms with Gasteiger partial charge in [0.2, 0.25) is 5.91 Å². The van der Waals surface area contributed by atoms with Crippen LogP contribution in [0.3, 0.4) is 0 Å². The lowest BCUT2D eigenvalue weighted by Gasteiger charge is -2.31. The molecule has 0 saturated heterocycles. The molecule has 0 N–H and O–H groups in total. The number of ether oxygens (including phenoxy) is 1. The first-order valence-corrected chi connectivity index (χ1v) is 16.1. The van der Waals surface area contributed by atoms with E-state index in [1.807, 2.05) is 108 Å². The summed E-state index contributed by atoms with van der Waals surface area (Å²) >= 11 is 0. The maximum Gasteiger partial charge on any atom is 0.234 e. The van der Waals surface area contributed by atoms with Gasteiger partial charge in [0.25, 0.3) is 0 Å². The molecule has 6 rings (SSSR count). The number of hydrogen-bond donors (Lipinski definition) is 0. The summed E-state index contributed by atoms with van der Waals surface area (Å²) in [6.07, 6.45) is 8.28. The summed E-state index contributed by atoms with van der Waals surface area (Å²) < 4.78 is 8.19. The monoisotopic (exact) mass is 614 g/mol. The average molecular weight is 615 g/mol. The van der Waals surface area contributed by atoms with Crippen molar-refractivity contribution in [2.75, 3.05) is 23.9 Å². The third-order valence-electron chi connectivity index (χ3n) is 8.54. The Balaban J connectivity index is 1.26. The smallest absolute Gasteiger partial charge is 0.234 e. The molecule has 236 valence electrons. The van der Waals surface area contributed by atoms with Gasteiger partial charge in [-0.2, -0.15) is 5.10 Å². The van der Waals surface area contributed by atoms with Gasteiger partial charge in [-0.05, 0) is 72.2 Å². The molecule has 8 nitrogen and oxygen atoms in total. The molecule has 0 radical (unpaired) electrons. The molecule has 1 aliphatic carbocycles. The quantitative estimate of drug-likeness (QED) is 0.157. The van der Waals surface area contributed by atoms with Crippen LogP contribution in [0.1, 0.15) is 72.2 Å². The Labute approximate surface area is 271 Å². The van der Waals surface area contributed by atoms with Crippen molar-refractivity contribution in [3.8, 4) is 5.75 Å². The highest BCUT2D eigenvalue weighted by molar-refractivity contribution is 5.98. The Bertz CT molecular complexity index is 1760. The van der Waals surface area contributed by atoms with E-state index in [-0.39, 0.29) is 11.8 Å². The molecule has 5 aromatic rings. The number of aromatic nitrogens is 4. The largest absolute Gasteiger partial charge is 0.489 e. The van der Waals surface area contributed by atoms with Gasteiger partial charge in [0.1, 0.15) is 18.2 Å². The highest BCUT2D eigenvalue weighted by Gasteiger charge is 2.32. The zero-order valence-electron chi connectivity index (χ0n) is 27.1. The van der Waals surface area contributed by atoms with Crippen molar-refractivity contribution >= 4 is 17.4 Å². The molecule has 1 unspecified atom stereocenters. The van der Waals surface area contributed by atoms with E-state index in [1.165, 1.54) is 0 Å². The number of rotatable bonds is 11. The zero-order valence-corrected chi connectivity index (χ0v) is 27.1. The molecule has 0 saturated carbocycles. The molecule has 3 heterocycles. The summed E-state index contributed by atoms with van der Waals surface area (Å²) in [4.78, 5) is 27.9. The lowest BCUT2D eigenvalue weighted by molar-refractivity contribution is -0.120. The first-order valence-electron chi connectivity index (χ1n) is 16.1. The van der Waals surface area contributed by atoms with Gasteiger partial charge in [-0.15, -0.1) is 0 Å². The van der Waals surface area contributed by atoms with Gasteiger partial charge in [-0.1, -0.05) is 62.4 Å². The van der Waals surface area contributed by atoms with Crippen LogP contribution in [0, 0.1) is 0 Å². The van der Waals surface area contributed by atoms with E-state index in [4.69, 9.17) is 14.7 Å². The van der Waals surface area contributed by atoms with Crippen LogP contribution in [0.15, 0.2) is 97.5 Å². The molecule has 1 aliphatic rings. The number of carbonyl (C=O) groups excluding carboxylic acids is 1. The highest BCUT2D eigenvalue weighted by Crippen LogP contribution is 2.39. The third-order valence-corrected chi connectivity index (χ3v) is 8.54. The lowest BCUT2D eigenvalue weighted by atomic mass is 9.81. The number of pyridine rings is 2. The van der Waals surface area contributed by atoms with E-state index in [0.717, 1.165) is 70.2 Å². The summed E-state index contributed by atoms with van der Waals surface area (Å²) in [5.41, 5.74) is 6.96. The maximum absolute atomic E-state index is 14.6. The zero-order chi connectivity index (χ0) is 32.0. The van der Waals surface area contributed by atoms with Gasteiger partial charge in [0, 0.05) is 31.5 Å². The minimum absolute atomic E-state index is 0.0633. The first kappa shape index (κ1) is 31.0. The van der Waals surface area contributed by atoms with Gasteiger partial charge < -0.3 is 14.5 Å². The molecule has 1 amide bonds. The van der Waals surface area contributed by atoms with Crippen molar-refractivity contribution in [2.45, 2.75) is 64.6 Å². The van der Waals surface area contributed by atoms with Crippen molar-refractivity contribution in [3.63, 3.8) is 0 Å². The fraction of sp³-hybridized carbons (Fsp3) is 0.316. The summed E-state index contributed by atoms with van der Waals surface area (Å²) in [7, 11) is 3.96. The van der Waals surface area contributed by atoms with Crippen molar-refractivity contribution < 1.29 is 9.53 Å². The molecule has 0 fully saturated rings. The number of carbonyl (C=O) groups is 1. The Hall–Kier alpha value is -4.98. The second kappa shape index (κ2) is 14.0. The van der Waals surface area contributed by atoms with Crippen LogP contribution >= 0.6 is 0 Å². The standard InChI is InChI=1S/C38H42N6O2/c1-27(2)35-20-19-31(22-39-35)44(24-29-21-40-43(23-29)25-30-13-8-18-37(41-30)42(3)4)38(45)34-16-9-15-33-32(34)14-10-17-36(33)46-26-28-11-6-5-7-12-28/h5-8,10-14,17-23,27,34H,9,15-16,24-26H2,1-4H3. The predicted octanol–water partition coefficient (Wildman–Crippen LogP) is 7.14. The minimum Gasteiger partial charge on any atom is -0.489 e. The van der Waals surface area contributed by atoms with Gasteiger partial charge in [-0.25, -0.2) is 4.98 Å². The van der Waals surface area contributed by atoms with E-state index in [9.17, 15) is 4.79 Å². The second-order valence-corrected chi connectivity index (χ2v) is 12.5. The summed E-state index contributed by atoms with van der Waals surface area (Å²) in [5.74, 6) is 1.85. The number of amides is 1. The molecule has 2 aromatic carbocycles. The topological polar surface area (TPSA) is 76.4 Å². The number of anilines is 2. The molecule has 0 spiro atoms. The Morgan fingerprint density at radius 2 is 1.78 bits per heavy atom. The van der Waals surface area contributed by atoms with Crippen LogP contribution in [0.4, 0.5) is 11.5 Å². The highest BCUT2D eigenvalue weighted by atomic mass is 16.5. The van der Waals surface area contributed by atoms with Crippen LogP contribution in [-0.2, 0) is 30.9 Å². The minimum atomic E-state index is -0.276. The van der Waals surface area contributed by atoms with Crippen LogP contribution in [-0.4, -0.2) is 39.8 Å². The SMILES string of the molecule is CC(C)c1ccc(N(Cc2cnn(Cc3cccc(N(C)C)n3)c2)C(=O)C2CCCc3c(OCc4ccccc4)cccc32)cn1. The fourth-order valence-electron chi connectivity index (χ4n) is 6.05. The van der Waals surface area contributed by atoms with Crippen LogP contribution in [0.25, 0.3) is 0 Å². The fourth-order valence-corrected chi connectivity index (χ4v) is 6.05. The van der Waals surface area contributed by atoms with Gasteiger partial charge >= 0.3 is 0 Å². The van der Waals surface area contributed by atoms with Crippen molar-refractivity contribution in [2.24, 2.45) is 0 Å². The third kappa shape index (κ3) is 7.12. The van der Waals surface area contributed by atoms with E-state index in [1.54, 1.807) is 0 Å². The van der Waals surface area contributed by atoms with E-state index in [2.05, 4.69) is 37.1 Å². The summed E-state index contributed by atoms with van der Waals surface area (Å²) in [5, 5.41) is 4.63. The Morgan fingerprint density at radius 1 is 0.957 bits per heavy atom. The van der Waals surface area contributed by atoms with Crippen molar-refractivity contribution in [3.05, 3.63) is 131 Å². The van der Waals surface area contributed by atoms with E-state index < -0.39 is 0 Å². The van der Waals surface area contributed by atoms with Crippen LogP contribution in [0.5, 0.6) is 5.75 Å². The maximum atomic E-state index is 14.6. The van der Waals surface area contributed by atoms with E-state index in [0.29, 0.717) is 25.6 Å². The van der Waals surface area contributed by atoms with Gasteiger partial charge in [0.15, 0.2) is 0 Å². The van der Waals surface area contributed by atoms with Gasteiger partial charge in [0.05, 0.1) is 42.8 Å². The summed E-state index contributed by atoms with van der Waals surface area (Å²) in [6, 6.07) is 26.4. The Kier molecular flexibility index (Phi) is 9.43. The predicted molar refractivity (Wildman–Crippen MR) is 182 cm³/mol. The molecule has 3 aromatic heterocycles. The number of nitrogens with zero attached hydrogens (tertiary/aromatic N) is 6. The van der Waals surface area contributed by atoms with Crippen LogP contribution < -0.4 is 14.5 Å². The second-order valence-electron chi connectivity index (χ2n) is 12.5. The lowest BCUT2D eigenvalue weighted by Crippen LogP contribution is -2.36. The average Bonchev–Trinajstić information content (AvgIpc) is 3.52. The molecule has 46 heavy (non-hydrogen) atoms. The molecule has 8 heteroatoms. The van der Waals surface area contributed by atoms with Crippen molar-refractivity contribution in [1.29, 1.82) is 0 Å². The molecular weight excluding hydrogens is 572 g/mol. The molecule has 0 bridgehead atoms. The normalized spacial score (nSPS) is 14.2. The molecule has 1 atom stereocenters. The number of hydrogen-bond acceptors (Lipinski definition) is 6. The first-order chi connectivity index (χ1) is 22.4. The van der Waals surface area contributed by atoms with Crippen molar-refractivity contribution in [1.82, 2.24) is 19.7 Å². The number of fused-ring (bicyclic) bond motifs is 1. The Morgan fingerprint density at radius 3 is 2.54 bits per heavy atom. The van der Waals surface area contributed by atoms with Crippen LogP contribution in [0.2, 0.25) is 0 Å².